The van der Waals surface area contributed by atoms with Crippen LogP contribution in [0.1, 0.15) is 91.5 Å². The van der Waals surface area contributed by atoms with E-state index in [1.807, 2.05) is 13.0 Å². The average Bonchev–Trinajstić information content (AvgIpc) is 1.71. The molecule has 0 saturated carbocycles. The molecule has 3 aliphatic heterocycles. The number of aliphatic hydroxyl groups is 1. The van der Waals surface area contributed by atoms with E-state index in [0.29, 0.717) is 53.4 Å². The number of epoxide rings is 1. The molecule has 2 fully saturated rings. The average molecular weight is 1270 g/mol. The van der Waals surface area contributed by atoms with Crippen LogP contribution >= 0.6 is 27.5 Å². The number of anilines is 3. The number of ether oxygens (including phenoxy) is 6. The van der Waals surface area contributed by atoms with Crippen LogP contribution in [0.15, 0.2) is 78.5 Å². The van der Waals surface area contributed by atoms with E-state index in [1.54, 1.807) is 64.1 Å². The Hall–Kier alpha value is -7.32. The number of urea groups is 1. The van der Waals surface area contributed by atoms with Crippen LogP contribution in [0, 0.1) is 11.8 Å². The topological polar surface area (TPSA) is 330 Å². The summed E-state index contributed by atoms with van der Waals surface area (Å²) in [6.45, 7) is 12.7. The van der Waals surface area contributed by atoms with Gasteiger partial charge in [-0.1, -0.05) is 78.7 Å². The molecule has 2 saturated heterocycles. The second kappa shape index (κ2) is 30.2. The highest BCUT2D eigenvalue weighted by Crippen LogP contribution is 2.49. The van der Waals surface area contributed by atoms with Gasteiger partial charge in [0.05, 0.1) is 48.8 Å². The van der Waals surface area contributed by atoms with Gasteiger partial charge >= 0.3 is 24.2 Å². The predicted molar refractivity (Wildman–Crippen MR) is 321 cm³/mol. The summed E-state index contributed by atoms with van der Waals surface area (Å²) in [6.07, 6.45) is 2.44. The number of fused-ring (bicyclic) bond motifs is 6. The highest BCUT2D eigenvalue weighted by Gasteiger charge is 2.64. The Morgan fingerprint density at radius 1 is 1.04 bits per heavy atom. The molecule has 6 rings (SSSR count). The fraction of sp³-hybridized carbons (Fsp3) is 0.508. The highest BCUT2D eigenvalue weighted by atomic mass is 79.9. The zero-order chi connectivity index (χ0) is 62.3. The number of nitrogens with zero attached hydrogens (tertiary/aromatic N) is 2. The summed E-state index contributed by atoms with van der Waals surface area (Å²) in [7, 11) is 4.40. The number of rotatable bonds is 22. The number of unbranched alkanes of at least 4 members (excludes halogenated alkanes) is 2. The van der Waals surface area contributed by atoms with Gasteiger partial charge in [-0.05, 0) is 100 Å². The molecular weight excluding hydrogens is 1190 g/mol. The SMILES string of the molecule is C=C(CBr)C(=O)OCCCCCC(=O)N[C@H](C(=O)N[C@@H](CCCNC(N)=O)C(=O)Nc1ccc(NC(=O)O[C@H]2CC(=O)N(C)c3cc(cc(OC)c3Cl)C/C(C)=C/C=C/[C@@H](OC)[C@@]3(O)C[C@H](OC(=O)N3)[C@@H](C)[C@@H]3O[C@@]23C)c2ncccc12)C(C)C. The molecule has 4 bridgehead atoms. The van der Waals surface area contributed by atoms with E-state index in [-0.39, 0.29) is 66.7 Å². The Kier molecular flexibility index (Phi) is 23.7. The summed E-state index contributed by atoms with van der Waals surface area (Å²) in [5.41, 5.74) is 4.85. The molecule has 9 atom stereocenters. The summed E-state index contributed by atoms with van der Waals surface area (Å²) in [4.78, 5) is 113. The lowest BCUT2D eigenvalue weighted by atomic mass is 9.83. The number of amides is 8. The maximum atomic E-state index is 14.5. The molecule has 24 nitrogen and oxygen atoms in total. The number of nitrogens with two attached hydrogens (primary N) is 1. The van der Waals surface area contributed by atoms with Crippen LogP contribution in [0.4, 0.5) is 31.4 Å². The zero-order valence-electron chi connectivity index (χ0n) is 49.0. The van der Waals surface area contributed by atoms with Gasteiger partial charge in [-0.15, -0.1) is 0 Å². The van der Waals surface area contributed by atoms with Crippen LogP contribution in [0.5, 0.6) is 5.75 Å². The van der Waals surface area contributed by atoms with E-state index < -0.39 is 108 Å². The van der Waals surface area contributed by atoms with Crippen molar-refractivity contribution in [3.8, 4) is 5.75 Å². The van der Waals surface area contributed by atoms with Crippen molar-refractivity contribution in [3.05, 3.63) is 89.1 Å². The molecule has 0 aliphatic carbocycles. The quantitative estimate of drug-likeness (QED) is 0.0125. The number of methoxy groups -OCH3 is 2. The van der Waals surface area contributed by atoms with Gasteiger partial charge in [0.15, 0.2) is 5.72 Å². The third-order valence-corrected chi connectivity index (χ3v) is 16.1. The van der Waals surface area contributed by atoms with Gasteiger partial charge in [0.25, 0.3) is 0 Å². The van der Waals surface area contributed by atoms with Gasteiger partial charge in [0, 0.05) is 61.9 Å². The summed E-state index contributed by atoms with van der Waals surface area (Å²) < 4.78 is 34.8. The first-order valence-corrected chi connectivity index (χ1v) is 29.4. The van der Waals surface area contributed by atoms with Crippen molar-refractivity contribution in [1.29, 1.82) is 0 Å². The molecule has 0 radical (unpaired) electrons. The molecule has 85 heavy (non-hydrogen) atoms. The Balaban J connectivity index is 1.22. The number of esters is 1. The number of benzene rings is 2. The minimum atomic E-state index is -1.91. The molecule has 462 valence electrons. The predicted octanol–water partition coefficient (Wildman–Crippen LogP) is 6.99. The molecule has 3 aromatic rings. The third-order valence-electron chi connectivity index (χ3n) is 15.1. The van der Waals surface area contributed by atoms with E-state index >= 15 is 0 Å². The van der Waals surface area contributed by atoms with E-state index in [4.69, 9.17) is 45.8 Å². The third kappa shape index (κ3) is 17.6. The fourth-order valence-corrected chi connectivity index (χ4v) is 10.7. The summed E-state index contributed by atoms with van der Waals surface area (Å²) in [6, 6.07) is 6.78. The molecule has 26 heteroatoms. The number of alkyl carbamates (subject to hydrolysis) is 1. The molecule has 3 aliphatic rings. The number of pyridine rings is 1. The maximum Gasteiger partial charge on any atom is 0.412 e. The van der Waals surface area contributed by atoms with Gasteiger partial charge in [-0.25, -0.2) is 19.2 Å². The number of halogens is 2. The van der Waals surface area contributed by atoms with E-state index in [2.05, 4.69) is 59.4 Å². The van der Waals surface area contributed by atoms with E-state index in [0.717, 1.165) is 11.1 Å². The van der Waals surface area contributed by atoms with E-state index in [1.165, 1.54) is 44.5 Å². The lowest BCUT2D eigenvalue weighted by Gasteiger charge is -2.42. The van der Waals surface area contributed by atoms with Gasteiger partial charge in [-0.3, -0.25) is 34.8 Å². The van der Waals surface area contributed by atoms with Gasteiger partial charge < -0.3 is 65.4 Å². The zero-order valence-corrected chi connectivity index (χ0v) is 51.3. The van der Waals surface area contributed by atoms with Crippen LogP contribution < -0.4 is 47.3 Å². The largest absolute Gasteiger partial charge is 0.495 e. The number of nitrogens with one attached hydrogen (secondary N) is 6. The lowest BCUT2D eigenvalue weighted by Crippen LogP contribution is -2.63. The lowest BCUT2D eigenvalue weighted by molar-refractivity contribution is -0.142. The monoisotopic (exact) mass is 1270 g/mol. The van der Waals surface area contributed by atoms with Crippen LogP contribution in [0.2, 0.25) is 5.02 Å². The summed E-state index contributed by atoms with van der Waals surface area (Å²) in [5, 5.41) is 28.9. The molecule has 8 amide bonds. The van der Waals surface area contributed by atoms with Gasteiger partial charge in [0.2, 0.25) is 23.6 Å². The minimum Gasteiger partial charge on any atom is -0.495 e. The van der Waals surface area contributed by atoms with Crippen LogP contribution in [0.3, 0.4) is 0 Å². The Bertz CT molecular complexity index is 3050. The van der Waals surface area contributed by atoms with Crippen molar-refractivity contribution < 1.29 is 71.9 Å². The molecule has 2 aromatic carbocycles. The van der Waals surface area contributed by atoms with Crippen molar-refractivity contribution in [2.75, 3.05) is 55.3 Å². The number of allylic oxidation sites excluding steroid dienone is 3. The number of hydrogen-bond donors (Lipinski definition) is 8. The maximum absolute atomic E-state index is 14.5. The number of alkyl halides is 1. The van der Waals surface area contributed by atoms with Crippen LogP contribution in [0.25, 0.3) is 10.9 Å². The number of primary amides is 1. The first kappa shape index (κ1) is 66.8. The number of carbonyl (C=O) groups is 8. The van der Waals surface area contributed by atoms with Crippen molar-refractivity contribution >= 4 is 103 Å². The van der Waals surface area contributed by atoms with Crippen molar-refractivity contribution in [3.63, 3.8) is 0 Å². The number of aromatic nitrogens is 1. The first-order valence-electron chi connectivity index (χ1n) is 27.9. The van der Waals surface area contributed by atoms with Crippen molar-refractivity contribution in [1.82, 2.24) is 26.3 Å². The van der Waals surface area contributed by atoms with Crippen LogP contribution in [-0.4, -0.2) is 145 Å². The van der Waals surface area contributed by atoms with E-state index in [9.17, 15) is 43.5 Å². The molecule has 4 heterocycles. The van der Waals surface area contributed by atoms with Crippen molar-refractivity contribution in [2.24, 2.45) is 17.6 Å². The normalized spacial score (nSPS) is 23.9. The second-order valence-corrected chi connectivity index (χ2v) is 22.8. The number of hydrogen-bond acceptors (Lipinski definition) is 16. The first-order chi connectivity index (χ1) is 40.3. The Morgan fingerprint density at radius 2 is 1.78 bits per heavy atom. The minimum absolute atomic E-state index is 0.0373. The second-order valence-electron chi connectivity index (χ2n) is 21.8. The highest BCUT2D eigenvalue weighted by molar-refractivity contribution is 9.09. The molecule has 0 unspecified atom stereocenters. The Morgan fingerprint density at radius 3 is 2.47 bits per heavy atom. The fourth-order valence-electron chi connectivity index (χ4n) is 10.2. The summed E-state index contributed by atoms with van der Waals surface area (Å²) >= 11 is 10.0. The van der Waals surface area contributed by atoms with Crippen LogP contribution in [-0.2, 0) is 54.1 Å². The standard InChI is InChI=1S/C59H77BrClN9O15/c1-32(2)49(68-46(71)20-11-10-12-25-82-54(75)34(4)31-60)53(74)66-40(18-15-24-64-55(62)76)52(73)65-38-21-22-39(50-37(38)17-14-23-63-50)67-56(77)84-45-29-47(72)70(7)41-27-36(28-42(80-8)48(41)61)26-33(3)16-13-19-44(81-9)59(79)30-43(83-57(78)69-59)35(5)51-58(45,6)85-51/h13-14,16-17,19,21-23,27-28,32,35,40,43-45,49,51,79H,4,10-12,15,18,20,24-26,29-31H2,1-3,5-9H3,(H,65,73)(H,66,74)(H,67,77)(H,68,71)(H,69,78)(H3,62,64,76)/b19-13+,33-16+/t35-,40+,43+,44-,45+,49+,51+,58+,59+/m1/s1. The smallest absolute Gasteiger partial charge is 0.412 e. The molecular formula is C59H77BrClN9O15. The molecule has 0 spiro atoms. The molecule has 9 N–H and O–H groups in total. The molecule has 1 aromatic heterocycles. The van der Waals surface area contributed by atoms with Crippen molar-refractivity contribution in [2.45, 2.75) is 140 Å². The Labute approximate surface area is 507 Å². The van der Waals surface area contributed by atoms with Gasteiger partial charge in [-0.2, -0.15) is 0 Å². The van der Waals surface area contributed by atoms with Gasteiger partial charge in [0.1, 0.15) is 46.8 Å². The number of carbonyl (C=O) groups excluding carboxylic acids is 8. The summed E-state index contributed by atoms with van der Waals surface area (Å²) in [5.74, 6) is -3.40.